The van der Waals surface area contributed by atoms with Crippen molar-refractivity contribution in [3.05, 3.63) is 35.4 Å². The first kappa shape index (κ1) is 16.0. The van der Waals surface area contributed by atoms with Crippen molar-refractivity contribution in [1.82, 2.24) is 10.6 Å². The lowest BCUT2D eigenvalue weighted by molar-refractivity contribution is 0.0599. The van der Waals surface area contributed by atoms with Crippen molar-refractivity contribution in [2.45, 2.75) is 32.7 Å². The van der Waals surface area contributed by atoms with Crippen LogP contribution >= 0.6 is 0 Å². The van der Waals surface area contributed by atoms with Crippen molar-refractivity contribution in [2.24, 2.45) is 0 Å². The summed E-state index contributed by atoms with van der Waals surface area (Å²) in [4.78, 5) is 23.2. The van der Waals surface area contributed by atoms with Crippen molar-refractivity contribution in [3.8, 4) is 0 Å². The van der Waals surface area contributed by atoms with Gasteiger partial charge in [0.25, 0.3) is 0 Å². The molecule has 0 radical (unpaired) electrons. The largest absolute Gasteiger partial charge is 0.465 e. The number of hydrogen-bond acceptors (Lipinski definition) is 3. The van der Waals surface area contributed by atoms with Crippen molar-refractivity contribution in [2.75, 3.05) is 13.7 Å². The third-order valence-corrected chi connectivity index (χ3v) is 2.86. The Balaban J connectivity index is 2.64. The molecule has 2 amide bonds. The van der Waals surface area contributed by atoms with Gasteiger partial charge in [0.05, 0.1) is 12.7 Å². The predicted octanol–water partition coefficient (Wildman–Crippen LogP) is 2.11. The van der Waals surface area contributed by atoms with Gasteiger partial charge >= 0.3 is 12.0 Å². The fourth-order valence-corrected chi connectivity index (χ4v) is 1.90. The summed E-state index contributed by atoms with van der Waals surface area (Å²) in [5.74, 6) is -0.358. The van der Waals surface area contributed by atoms with E-state index in [1.165, 1.54) is 7.11 Å². The summed E-state index contributed by atoms with van der Waals surface area (Å²) >= 11 is 0. The minimum atomic E-state index is -0.358. The molecule has 0 spiro atoms. The van der Waals surface area contributed by atoms with Gasteiger partial charge in [-0.3, -0.25) is 0 Å². The highest BCUT2D eigenvalue weighted by Gasteiger charge is 2.14. The Morgan fingerprint density at radius 1 is 1.30 bits per heavy atom. The van der Waals surface area contributed by atoms with Gasteiger partial charge < -0.3 is 15.4 Å². The molecule has 1 unspecified atom stereocenters. The summed E-state index contributed by atoms with van der Waals surface area (Å²) in [6.07, 6.45) is 1.47. The predicted molar refractivity (Wildman–Crippen MR) is 77.8 cm³/mol. The molecule has 5 heteroatoms. The molecule has 110 valence electrons. The molecule has 5 nitrogen and oxygen atoms in total. The molecule has 1 rings (SSSR count). The Hall–Kier alpha value is -2.04. The van der Waals surface area contributed by atoms with Gasteiger partial charge in [0.1, 0.15) is 0 Å². The maximum Gasteiger partial charge on any atom is 0.338 e. The number of hydrogen-bond donors (Lipinski definition) is 2. The zero-order chi connectivity index (χ0) is 15.0. The summed E-state index contributed by atoms with van der Waals surface area (Å²) < 4.78 is 4.75. The molecular weight excluding hydrogens is 256 g/mol. The summed E-state index contributed by atoms with van der Waals surface area (Å²) in [6, 6.07) is 7.00. The minimum Gasteiger partial charge on any atom is -0.465 e. The second kappa shape index (κ2) is 8.19. The van der Waals surface area contributed by atoms with Gasteiger partial charge in [0.2, 0.25) is 0 Å². The van der Waals surface area contributed by atoms with Crippen LogP contribution in [0.15, 0.2) is 24.3 Å². The lowest BCUT2D eigenvalue weighted by Crippen LogP contribution is -2.42. The molecule has 0 bridgehead atoms. The summed E-state index contributed by atoms with van der Waals surface area (Å²) in [5, 5.41) is 5.60. The molecule has 0 heterocycles. The van der Waals surface area contributed by atoms with Crippen molar-refractivity contribution >= 4 is 12.0 Å². The normalized spacial score (nSPS) is 11.6. The first-order valence-corrected chi connectivity index (χ1v) is 6.79. The van der Waals surface area contributed by atoms with E-state index in [2.05, 4.69) is 10.6 Å². The van der Waals surface area contributed by atoms with E-state index in [4.69, 9.17) is 4.74 Å². The lowest BCUT2D eigenvalue weighted by atomic mass is 10.0. The van der Waals surface area contributed by atoms with Crippen molar-refractivity contribution in [3.63, 3.8) is 0 Å². The number of carbonyl (C=O) groups is 2. The Morgan fingerprint density at radius 3 is 2.65 bits per heavy atom. The van der Waals surface area contributed by atoms with Gasteiger partial charge in [-0.25, -0.2) is 9.59 Å². The second-order valence-corrected chi connectivity index (χ2v) is 4.65. The monoisotopic (exact) mass is 278 g/mol. The summed E-state index contributed by atoms with van der Waals surface area (Å²) in [7, 11) is 1.36. The molecule has 1 aromatic carbocycles. The van der Waals surface area contributed by atoms with E-state index in [1.54, 1.807) is 12.1 Å². The molecule has 0 aromatic heterocycles. The van der Waals surface area contributed by atoms with Crippen molar-refractivity contribution in [1.29, 1.82) is 0 Å². The quantitative estimate of drug-likeness (QED) is 0.783. The highest BCUT2D eigenvalue weighted by atomic mass is 16.5. The van der Waals surface area contributed by atoms with E-state index < -0.39 is 0 Å². The van der Waals surface area contributed by atoms with Crippen LogP contribution in [0, 0.1) is 0 Å². The average Bonchev–Trinajstić information content (AvgIpc) is 2.44. The van der Waals surface area contributed by atoms with Gasteiger partial charge in [0.15, 0.2) is 0 Å². The van der Waals surface area contributed by atoms with Crippen LogP contribution in [0.2, 0.25) is 0 Å². The molecule has 0 aliphatic rings. The number of rotatable bonds is 6. The fraction of sp³-hybridized carbons (Fsp3) is 0.467. The van der Waals surface area contributed by atoms with Crippen LogP contribution in [0.25, 0.3) is 0 Å². The smallest absolute Gasteiger partial charge is 0.338 e. The van der Waals surface area contributed by atoms with Crippen LogP contribution in [0.5, 0.6) is 0 Å². The summed E-state index contributed by atoms with van der Waals surface area (Å²) in [6.45, 7) is 4.55. The first-order chi connectivity index (χ1) is 9.58. The number of methoxy groups -OCH3 is 1. The first-order valence-electron chi connectivity index (χ1n) is 6.79. The molecule has 0 saturated carbocycles. The van der Waals surface area contributed by atoms with Crippen LogP contribution in [0.1, 0.15) is 36.2 Å². The zero-order valence-electron chi connectivity index (χ0n) is 12.2. The van der Waals surface area contributed by atoms with Gasteiger partial charge in [0, 0.05) is 12.6 Å². The standard InChI is InChI=1S/C15H22N2O3/c1-4-9-16-15(19)17-11(2)10-12-7-5-6-8-13(12)14(18)20-3/h5-8,11H,4,9-10H2,1-3H3,(H2,16,17,19). The van der Waals surface area contributed by atoms with Crippen LogP contribution < -0.4 is 10.6 Å². The highest BCUT2D eigenvalue weighted by Crippen LogP contribution is 2.12. The fourth-order valence-electron chi connectivity index (χ4n) is 1.90. The Labute approximate surface area is 119 Å². The van der Waals surface area contributed by atoms with Gasteiger partial charge in [-0.2, -0.15) is 0 Å². The Morgan fingerprint density at radius 2 is 2.00 bits per heavy atom. The number of benzene rings is 1. The maximum atomic E-state index is 11.7. The van der Waals surface area contributed by atoms with Gasteiger partial charge in [-0.05, 0) is 31.4 Å². The number of amides is 2. The number of urea groups is 1. The van der Waals surface area contributed by atoms with E-state index in [0.717, 1.165) is 12.0 Å². The van der Waals surface area contributed by atoms with Gasteiger partial charge in [-0.15, -0.1) is 0 Å². The highest BCUT2D eigenvalue weighted by molar-refractivity contribution is 5.91. The zero-order valence-corrected chi connectivity index (χ0v) is 12.2. The van der Waals surface area contributed by atoms with Crippen LogP contribution in [0.3, 0.4) is 0 Å². The molecular formula is C15H22N2O3. The van der Waals surface area contributed by atoms with Crippen LogP contribution in [0.4, 0.5) is 4.79 Å². The number of ether oxygens (including phenoxy) is 1. The Kier molecular flexibility index (Phi) is 6.56. The van der Waals surface area contributed by atoms with Crippen molar-refractivity contribution < 1.29 is 14.3 Å². The van der Waals surface area contributed by atoms with E-state index in [0.29, 0.717) is 18.5 Å². The third kappa shape index (κ3) is 4.91. The molecule has 1 aromatic rings. The molecule has 0 saturated heterocycles. The second-order valence-electron chi connectivity index (χ2n) is 4.65. The number of carbonyl (C=O) groups excluding carboxylic acids is 2. The van der Waals surface area contributed by atoms with Crippen LogP contribution in [-0.2, 0) is 11.2 Å². The molecule has 0 aliphatic heterocycles. The minimum absolute atomic E-state index is 0.0716. The van der Waals surface area contributed by atoms with E-state index in [-0.39, 0.29) is 18.0 Å². The lowest BCUT2D eigenvalue weighted by Gasteiger charge is -2.16. The average molecular weight is 278 g/mol. The summed E-state index contributed by atoms with van der Waals surface area (Å²) in [5.41, 5.74) is 1.40. The van der Waals surface area contributed by atoms with Crippen LogP contribution in [-0.4, -0.2) is 31.7 Å². The van der Waals surface area contributed by atoms with E-state index in [9.17, 15) is 9.59 Å². The topological polar surface area (TPSA) is 67.4 Å². The SMILES string of the molecule is CCCNC(=O)NC(C)Cc1ccccc1C(=O)OC. The Bertz CT molecular complexity index is 460. The molecule has 20 heavy (non-hydrogen) atoms. The molecule has 0 aliphatic carbocycles. The van der Waals surface area contributed by atoms with Gasteiger partial charge in [-0.1, -0.05) is 25.1 Å². The maximum absolute atomic E-state index is 11.7. The van der Waals surface area contributed by atoms with E-state index in [1.807, 2.05) is 26.0 Å². The molecule has 0 fully saturated rings. The van der Waals surface area contributed by atoms with E-state index >= 15 is 0 Å². The number of esters is 1. The molecule has 2 N–H and O–H groups in total. The third-order valence-electron chi connectivity index (χ3n) is 2.86. The number of nitrogens with one attached hydrogen (secondary N) is 2. The molecule has 1 atom stereocenters.